The third-order valence-electron chi connectivity index (χ3n) is 3.18. The number of aliphatic hydroxyl groups is 1. The Bertz CT molecular complexity index is 388. The van der Waals surface area contributed by atoms with Gasteiger partial charge in [-0.15, -0.1) is 0 Å². The number of hydrogen-bond acceptors (Lipinski definition) is 4. The van der Waals surface area contributed by atoms with Gasteiger partial charge in [0.05, 0.1) is 18.8 Å². The quantitative estimate of drug-likeness (QED) is 0.790. The topological polar surface area (TPSA) is 78.6 Å². The molecule has 0 fully saturated rings. The molecule has 6 heteroatoms. The van der Waals surface area contributed by atoms with Crippen molar-refractivity contribution in [2.75, 3.05) is 20.2 Å². The van der Waals surface area contributed by atoms with Crippen LogP contribution in [0.3, 0.4) is 0 Å². The summed E-state index contributed by atoms with van der Waals surface area (Å²) in [4.78, 5) is 13.0. The Hall–Kier alpha value is -1.56. The molecule has 0 aromatic carbocycles. The van der Waals surface area contributed by atoms with Gasteiger partial charge in [0, 0.05) is 25.6 Å². The number of carbonyl (C=O) groups excluding carboxylic acids is 1. The van der Waals surface area contributed by atoms with Gasteiger partial charge in [-0.05, 0) is 12.8 Å². The molecule has 6 nitrogen and oxygen atoms in total. The summed E-state index contributed by atoms with van der Waals surface area (Å²) >= 11 is 0. The molecule has 0 aliphatic heterocycles. The Morgan fingerprint density at radius 2 is 2.21 bits per heavy atom. The van der Waals surface area contributed by atoms with Gasteiger partial charge in [0.15, 0.2) is 5.76 Å². The van der Waals surface area contributed by atoms with Gasteiger partial charge in [0.25, 0.3) is 0 Å². The summed E-state index contributed by atoms with van der Waals surface area (Å²) in [5.41, 5.74) is 0.943. The van der Waals surface area contributed by atoms with E-state index in [4.69, 9.17) is 9.63 Å². The molecule has 0 aliphatic carbocycles. The highest BCUT2D eigenvalue weighted by molar-refractivity contribution is 5.73. The van der Waals surface area contributed by atoms with Gasteiger partial charge >= 0.3 is 6.03 Å². The van der Waals surface area contributed by atoms with Crippen molar-refractivity contribution in [1.82, 2.24) is 15.4 Å². The number of rotatable bonds is 7. The zero-order chi connectivity index (χ0) is 14.3. The van der Waals surface area contributed by atoms with Crippen LogP contribution >= 0.6 is 0 Å². The smallest absolute Gasteiger partial charge is 0.317 e. The van der Waals surface area contributed by atoms with Gasteiger partial charge in [-0.2, -0.15) is 0 Å². The molecule has 19 heavy (non-hydrogen) atoms. The lowest BCUT2D eigenvalue weighted by Gasteiger charge is -2.15. The molecule has 0 spiro atoms. The summed E-state index contributed by atoms with van der Waals surface area (Å²) < 4.78 is 5.21. The molecule has 0 radical (unpaired) electrons. The fourth-order valence-corrected chi connectivity index (χ4v) is 1.86. The molecule has 1 rings (SSSR count). The number of hydrogen-bond donors (Lipinski definition) is 2. The average molecular weight is 269 g/mol. The summed E-state index contributed by atoms with van der Waals surface area (Å²) in [6.07, 6.45) is 2.04. The molecule has 1 heterocycles. The van der Waals surface area contributed by atoms with Crippen molar-refractivity contribution in [2.24, 2.45) is 0 Å². The molecule has 0 unspecified atom stereocenters. The van der Waals surface area contributed by atoms with Crippen molar-refractivity contribution in [2.45, 2.75) is 39.2 Å². The van der Waals surface area contributed by atoms with E-state index in [0.717, 1.165) is 18.5 Å². The SMILES string of the molecule is CCC(CC)c1cc(CNC(=O)N(C)CCO)on1. The van der Waals surface area contributed by atoms with Gasteiger partial charge in [0.2, 0.25) is 0 Å². The Morgan fingerprint density at radius 3 is 2.79 bits per heavy atom. The lowest BCUT2D eigenvalue weighted by Crippen LogP contribution is -2.38. The van der Waals surface area contributed by atoms with E-state index in [1.54, 1.807) is 7.05 Å². The number of nitrogens with zero attached hydrogens (tertiary/aromatic N) is 2. The van der Waals surface area contributed by atoms with Crippen LogP contribution in [-0.4, -0.2) is 41.4 Å². The highest BCUT2D eigenvalue weighted by Crippen LogP contribution is 2.22. The monoisotopic (exact) mass is 269 g/mol. The van der Waals surface area contributed by atoms with Crippen molar-refractivity contribution < 1.29 is 14.4 Å². The number of aliphatic hydroxyl groups excluding tert-OH is 1. The van der Waals surface area contributed by atoms with Gasteiger partial charge in [-0.25, -0.2) is 4.79 Å². The van der Waals surface area contributed by atoms with E-state index in [1.807, 2.05) is 6.07 Å². The van der Waals surface area contributed by atoms with E-state index in [-0.39, 0.29) is 12.6 Å². The van der Waals surface area contributed by atoms with Gasteiger partial charge in [-0.1, -0.05) is 19.0 Å². The van der Waals surface area contributed by atoms with Crippen LogP contribution in [0.1, 0.15) is 44.1 Å². The molecular weight excluding hydrogens is 246 g/mol. The standard InChI is InChI=1S/C13H23N3O3/c1-4-10(5-2)12-8-11(19-15-12)9-14-13(18)16(3)6-7-17/h8,10,17H,4-7,9H2,1-3H3,(H,14,18). The predicted molar refractivity (Wildman–Crippen MR) is 71.8 cm³/mol. The maximum Gasteiger partial charge on any atom is 0.317 e. The molecular formula is C13H23N3O3. The van der Waals surface area contributed by atoms with E-state index in [0.29, 0.717) is 24.8 Å². The number of amides is 2. The molecule has 0 bridgehead atoms. The number of carbonyl (C=O) groups is 1. The molecule has 1 aromatic rings. The first-order valence-corrected chi connectivity index (χ1v) is 6.67. The fraction of sp³-hybridized carbons (Fsp3) is 0.692. The summed E-state index contributed by atoms with van der Waals surface area (Å²) in [7, 11) is 1.63. The minimum absolute atomic E-state index is 0.0505. The van der Waals surface area contributed by atoms with Crippen LogP contribution in [-0.2, 0) is 6.54 Å². The van der Waals surface area contributed by atoms with Crippen LogP contribution in [0.4, 0.5) is 4.79 Å². The second-order valence-electron chi connectivity index (χ2n) is 4.54. The zero-order valence-electron chi connectivity index (χ0n) is 11.8. The second kappa shape index (κ2) is 7.78. The minimum Gasteiger partial charge on any atom is -0.395 e. The maximum atomic E-state index is 11.6. The van der Waals surface area contributed by atoms with E-state index in [9.17, 15) is 4.79 Å². The number of aromatic nitrogens is 1. The summed E-state index contributed by atoms with van der Waals surface area (Å²) in [6.45, 7) is 4.80. The van der Waals surface area contributed by atoms with E-state index >= 15 is 0 Å². The fourth-order valence-electron chi connectivity index (χ4n) is 1.86. The lowest BCUT2D eigenvalue weighted by atomic mass is 9.99. The molecule has 108 valence electrons. The lowest BCUT2D eigenvalue weighted by molar-refractivity contribution is 0.189. The van der Waals surface area contributed by atoms with Crippen LogP contribution in [0.25, 0.3) is 0 Å². The molecule has 0 aliphatic rings. The largest absolute Gasteiger partial charge is 0.395 e. The van der Waals surface area contributed by atoms with E-state index < -0.39 is 0 Å². The second-order valence-corrected chi connectivity index (χ2v) is 4.54. The van der Waals surface area contributed by atoms with E-state index in [2.05, 4.69) is 24.3 Å². The summed E-state index contributed by atoms with van der Waals surface area (Å²) in [5, 5.41) is 15.5. The maximum absolute atomic E-state index is 11.6. The molecule has 2 amide bonds. The van der Waals surface area contributed by atoms with Crippen LogP contribution in [0.5, 0.6) is 0 Å². The van der Waals surface area contributed by atoms with Crippen LogP contribution < -0.4 is 5.32 Å². The minimum atomic E-state index is -0.241. The predicted octanol–water partition coefficient (Wildman–Crippen LogP) is 1.71. The molecule has 0 saturated carbocycles. The summed E-state index contributed by atoms with van der Waals surface area (Å²) in [5.74, 6) is 1.05. The number of likely N-dealkylation sites (N-methyl/N-ethyl adjacent to an activating group) is 1. The number of nitrogens with one attached hydrogen (secondary N) is 1. The van der Waals surface area contributed by atoms with Gasteiger partial charge in [0.1, 0.15) is 0 Å². The Labute approximate surface area is 113 Å². The van der Waals surface area contributed by atoms with Gasteiger partial charge in [-0.3, -0.25) is 0 Å². The first-order chi connectivity index (χ1) is 9.12. The molecule has 0 saturated heterocycles. The highest BCUT2D eigenvalue weighted by Gasteiger charge is 2.14. The Morgan fingerprint density at radius 1 is 1.53 bits per heavy atom. The Kier molecular flexibility index (Phi) is 6.35. The third kappa shape index (κ3) is 4.55. The molecule has 0 atom stereocenters. The van der Waals surface area contributed by atoms with Crippen molar-refractivity contribution >= 4 is 6.03 Å². The normalized spacial score (nSPS) is 10.8. The summed E-state index contributed by atoms with van der Waals surface area (Å²) in [6, 6.07) is 1.65. The van der Waals surface area contributed by atoms with Crippen molar-refractivity contribution in [3.05, 3.63) is 17.5 Å². The van der Waals surface area contributed by atoms with Crippen LogP contribution in [0, 0.1) is 0 Å². The Balaban J connectivity index is 2.48. The first-order valence-electron chi connectivity index (χ1n) is 6.67. The molecule has 2 N–H and O–H groups in total. The first kappa shape index (κ1) is 15.5. The van der Waals surface area contributed by atoms with E-state index in [1.165, 1.54) is 4.90 Å². The number of urea groups is 1. The zero-order valence-corrected chi connectivity index (χ0v) is 11.8. The van der Waals surface area contributed by atoms with Crippen molar-refractivity contribution in [3.63, 3.8) is 0 Å². The van der Waals surface area contributed by atoms with Crippen molar-refractivity contribution in [3.8, 4) is 0 Å². The highest BCUT2D eigenvalue weighted by atomic mass is 16.5. The average Bonchev–Trinajstić information content (AvgIpc) is 2.86. The van der Waals surface area contributed by atoms with Crippen LogP contribution in [0.2, 0.25) is 0 Å². The third-order valence-corrected chi connectivity index (χ3v) is 3.18. The van der Waals surface area contributed by atoms with Crippen LogP contribution in [0.15, 0.2) is 10.6 Å². The van der Waals surface area contributed by atoms with Gasteiger partial charge < -0.3 is 19.8 Å². The molecule has 1 aromatic heterocycles. The van der Waals surface area contributed by atoms with Crippen molar-refractivity contribution in [1.29, 1.82) is 0 Å².